The summed E-state index contributed by atoms with van der Waals surface area (Å²) in [4.78, 5) is 11.3. The van der Waals surface area contributed by atoms with Crippen molar-refractivity contribution in [3.05, 3.63) is 29.8 Å². The number of esters is 1. The molecule has 0 aliphatic carbocycles. The van der Waals surface area contributed by atoms with Crippen LogP contribution < -0.4 is 5.73 Å². The number of ether oxygens (including phenoxy) is 1. The minimum Gasteiger partial charge on any atom is -0.461 e. The Morgan fingerprint density at radius 3 is 2.67 bits per heavy atom. The molecule has 0 amide bonds. The predicted octanol–water partition coefficient (Wildman–Crippen LogP) is 2.36. The number of benzene rings is 1. The van der Waals surface area contributed by atoms with Crippen LogP contribution in [-0.2, 0) is 16.1 Å². The van der Waals surface area contributed by atoms with Gasteiger partial charge in [0.2, 0.25) is 0 Å². The van der Waals surface area contributed by atoms with Crippen LogP contribution in [0.25, 0.3) is 0 Å². The zero-order valence-electron chi connectivity index (χ0n) is 9.19. The number of hydrogen-bond acceptors (Lipinski definition) is 3. The molecule has 0 radical (unpaired) electrons. The molecule has 0 unspecified atom stereocenters. The third kappa shape index (κ3) is 4.02. The largest absolute Gasteiger partial charge is 0.461 e. The Kier molecular flexibility index (Phi) is 4.16. The molecule has 0 atom stereocenters. The minimum absolute atomic E-state index is 0.173. The summed E-state index contributed by atoms with van der Waals surface area (Å²) in [5.41, 5.74) is 7.23. The molecule has 0 aliphatic heterocycles. The second-order valence-corrected chi connectivity index (χ2v) is 3.96. The van der Waals surface area contributed by atoms with Crippen LogP contribution in [0.2, 0.25) is 0 Å². The molecule has 1 aromatic carbocycles. The maximum absolute atomic E-state index is 11.3. The monoisotopic (exact) mass is 207 g/mol. The van der Waals surface area contributed by atoms with Crippen LogP contribution in [0.15, 0.2) is 24.3 Å². The van der Waals surface area contributed by atoms with E-state index in [0.717, 1.165) is 5.56 Å². The number of hydrogen-bond donors (Lipinski definition) is 1. The summed E-state index contributed by atoms with van der Waals surface area (Å²) in [5, 5.41) is 0. The molecule has 0 heterocycles. The Bertz CT molecular complexity index is 334. The molecule has 3 nitrogen and oxygen atoms in total. The lowest BCUT2D eigenvalue weighted by Crippen LogP contribution is -2.08. The smallest absolute Gasteiger partial charge is 0.306 e. The Morgan fingerprint density at radius 1 is 1.40 bits per heavy atom. The molecule has 0 saturated carbocycles. The molecular formula is C12H17NO2. The van der Waals surface area contributed by atoms with E-state index >= 15 is 0 Å². The highest BCUT2D eigenvalue weighted by molar-refractivity contribution is 5.69. The Labute approximate surface area is 90.2 Å². The maximum Gasteiger partial charge on any atom is 0.306 e. The number of carbonyl (C=O) groups is 1. The SMILES string of the molecule is CC(C)CC(=O)OCc1ccccc1N. The van der Waals surface area contributed by atoms with Crippen molar-refractivity contribution in [2.45, 2.75) is 26.9 Å². The first kappa shape index (κ1) is 11.6. The minimum atomic E-state index is -0.173. The van der Waals surface area contributed by atoms with Crippen LogP contribution >= 0.6 is 0 Å². The summed E-state index contributed by atoms with van der Waals surface area (Å²) in [6.07, 6.45) is 0.451. The Morgan fingerprint density at radius 2 is 2.07 bits per heavy atom. The standard InChI is InChI=1S/C12H17NO2/c1-9(2)7-12(14)15-8-10-5-3-4-6-11(10)13/h3-6,9H,7-8,13H2,1-2H3. The number of nitrogen functional groups attached to an aromatic ring is 1. The van der Waals surface area contributed by atoms with Gasteiger partial charge in [0.15, 0.2) is 0 Å². The summed E-state index contributed by atoms with van der Waals surface area (Å²) in [7, 11) is 0. The first-order valence-corrected chi connectivity index (χ1v) is 5.08. The molecule has 1 aromatic rings. The number of nitrogens with two attached hydrogens (primary N) is 1. The van der Waals surface area contributed by atoms with Crippen molar-refractivity contribution < 1.29 is 9.53 Å². The van der Waals surface area contributed by atoms with Gasteiger partial charge in [-0.3, -0.25) is 4.79 Å². The van der Waals surface area contributed by atoms with Crippen LogP contribution in [0.5, 0.6) is 0 Å². The highest BCUT2D eigenvalue weighted by atomic mass is 16.5. The maximum atomic E-state index is 11.3. The molecule has 3 heteroatoms. The summed E-state index contributed by atoms with van der Waals surface area (Å²) in [5.74, 6) is 0.152. The topological polar surface area (TPSA) is 52.3 Å². The fourth-order valence-corrected chi connectivity index (χ4v) is 1.22. The molecule has 0 saturated heterocycles. The van der Waals surface area contributed by atoms with Crippen molar-refractivity contribution >= 4 is 11.7 Å². The number of para-hydroxylation sites is 1. The van der Waals surface area contributed by atoms with E-state index in [9.17, 15) is 4.79 Å². The molecule has 0 aromatic heterocycles. The van der Waals surface area contributed by atoms with Gasteiger partial charge in [-0.2, -0.15) is 0 Å². The first-order valence-electron chi connectivity index (χ1n) is 5.08. The average molecular weight is 207 g/mol. The third-order valence-electron chi connectivity index (χ3n) is 2.02. The second kappa shape index (κ2) is 5.39. The van der Waals surface area contributed by atoms with E-state index in [2.05, 4.69) is 0 Å². The van der Waals surface area contributed by atoms with Gasteiger partial charge in [-0.05, 0) is 12.0 Å². The van der Waals surface area contributed by atoms with Crippen molar-refractivity contribution in [3.63, 3.8) is 0 Å². The molecule has 0 bridgehead atoms. The van der Waals surface area contributed by atoms with Gasteiger partial charge in [0.1, 0.15) is 6.61 Å². The van der Waals surface area contributed by atoms with Gasteiger partial charge < -0.3 is 10.5 Å². The van der Waals surface area contributed by atoms with Crippen molar-refractivity contribution in [1.82, 2.24) is 0 Å². The van der Waals surface area contributed by atoms with Crippen molar-refractivity contribution in [2.75, 3.05) is 5.73 Å². The normalized spacial score (nSPS) is 10.3. The Balaban J connectivity index is 2.44. The van der Waals surface area contributed by atoms with Crippen molar-refractivity contribution in [1.29, 1.82) is 0 Å². The van der Waals surface area contributed by atoms with Gasteiger partial charge in [-0.15, -0.1) is 0 Å². The van der Waals surface area contributed by atoms with Gasteiger partial charge in [0.25, 0.3) is 0 Å². The van der Waals surface area contributed by atoms with Crippen LogP contribution in [0.1, 0.15) is 25.8 Å². The molecular weight excluding hydrogens is 190 g/mol. The molecule has 2 N–H and O–H groups in total. The van der Waals surface area contributed by atoms with E-state index in [1.807, 2.05) is 32.0 Å². The van der Waals surface area contributed by atoms with E-state index in [1.54, 1.807) is 6.07 Å². The molecule has 0 spiro atoms. The van der Waals surface area contributed by atoms with Gasteiger partial charge in [-0.25, -0.2) is 0 Å². The van der Waals surface area contributed by atoms with Crippen LogP contribution in [0, 0.1) is 5.92 Å². The highest BCUT2D eigenvalue weighted by Gasteiger charge is 2.07. The van der Waals surface area contributed by atoms with Gasteiger partial charge in [0.05, 0.1) is 0 Å². The lowest BCUT2D eigenvalue weighted by molar-refractivity contribution is -0.145. The van der Waals surface area contributed by atoms with Crippen LogP contribution in [0.3, 0.4) is 0 Å². The van der Waals surface area contributed by atoms with Gasteiger partial charge >= 0.3 is 5.97 Å². The third-order valence-corrected chi connectivity index (χ3v) is 2.02. The number of carbonyl (C=O) groups excluding carboxylic acids is 1. The predicted molar refractivity (Wildman–Crippen MR) is 60.1 cm³/mol. The molecule has 0 aliphatic rings. The van der Waals surface area contributed by atoms with E-state index in [-0.39, 0.29) is 12.6 Å². The molecule has 82 valence electrons. The summed E-state index contributed by atoms with van der Waals surface area (Å²) < 4.78 is 5.10. The summed E-state index contributed by atoms with van der Waals surface area (Å²) in [6, 6.07) is 7.39. The fourth-order valence-electron chi connectivity index (χ4n) is 1.22. The van der Waals surface area contributed by atoms with Crippen molar-refractivity contribution in [2.24, 2.45) is 5.92 Å². The second-order valence-electron chi connectivity index (χ2n) is 3.96. The highest BCUT2D eigenvalue weighted by Crippen LogP contribution is 2.12. The zero-order valence-corrected chi connectivity index (χ0v) is 9.19. The van der Waals surface area contributed by atoms with Crippen LogP contribution in [0.4, 0.5) is 5.69 Å². The first-order chi connectivity index (χ1) is 7.09. The number of anilines is 1. The van der Waals surface area contributed by atoms with E-state index < -0.39 is 0 Å². The van der Waals surface area contributed by atoms with Crippen LogP contribution in [-0.4, -0.2) is 5.97 Å². The lowest BCUT2D eigenvalue weighted by Gasteiger charge is -2.08. The Hall–Kier alpha value is -1.51. The van der Waals surface area contributed by atoms with E-state index in [1.165, 1.54) is 0 Å². The van der Waals surface area contributed by atoms with E-state index in [0.29, 0.717) is 18.0 Å². The van der Waals surface area contributed by atoms with E-state index in [4.69, 9.17) is 10.5 Å². The number of rotatable bonds is 4. The molecule has 1 rings (SSSR count). The zero-order chi connectivity index (χ0) is 11.3. The summed E-state index contributed by atoms with van der Waals surface area (Å²) in [6.45, 7) is 4.23. The molecule has 15 heavy (non-hydrogen) atoms. The van der Waals surface area contributed by atoms with Gasteiger partial charge in [-0.1, -0.05) is 32.0 Å². The van der Waals surface area contributed by atoms with Crippen molar-refractivity contribution in [3.8, 4) is 0 Å². The van der Waals surface area contributed by atoms with Gasteiger partial charge in [0, 0.05) is 17.7 Å². The molecule has 0 fully saturated rings. The average Bonchev–Trinajstić information content (AvgIpc) is 2.15. The summed E-state index contributed by atoms with van der Waals surface area (Å²) >= 11 is 0. The quantitative estimate of drug-likeness (QED) is 0.609. The fraction of sp³-hybridized carbons (Fsp3) is 0.417. The lowest BCUT2D eigenvalue weighted by atomic mass is 10.1.